The van der Waals surface area contributed by atoms with Gasteiger partial charge in [-0.05, 0) is 49.4 Å². The largest absolute Gasteiger partial charge is 0.573 e. The first-order valence-electron chi connectivity index (χ1n) is 8.07. The Morgan fingerprint density at radius 1 is 1.04 bits per heavy atom. The average Bonchev–Trinajstić information content (AvgIpc) is 2.61. The number of rotatable bonds is 5. The molecule has 0 aliphatic carbocycles. The minimum Gasteiger partial charge on any atom is -0.481 e. The van der Waals surface area contributed by atoms with Crippen molar-refractivity contribution in [2.45, 2.75) is 19.4 Å². The molecule has 0 saturated heterocycles. The second-order valence-electron chi connectivity index (χ2n) is 5.78. The molecule has 0 spiro atoms. The molecule has 0 bridgehead atoms. The number of benzene rings is 2. The lowest BCUT2D eigenvalue weighted by molar-refractivity contribution is -0.274. The summed E-state index contributed by atoms with van der Waals surface area (Å²) in [5.41, 5.74) is 0.0886. The molecule has 0 aliphatic heterocycles. The van der Waals surface area contributed by atoms with Gasteiger partial charge in [-0.3, -0.25) is 4.79 Å². The van der Waals surface area contributed by atoms with Crippen molar-refractivity contribution in [2.75, 3.05) is 5.32 Å². The number of alkyl halides is 3. The highest BCUT2D eigenvalue weighted by Crippen LogP contribution is 2.24. The van der Waals surface area contributed by atoms with E-state index in [9.17, 15) is 22.8 Å². The van der Waals surface area contributed by atoms with E-state index in [0.29, 0.717) is 16.7 Å². The lowest BCUT2D eigenvalue weighted by Crippen LogP contribution is -2.30. The third-order valence-electron chi connectivity index (χ3n) is 3.63. The van der Waals surface area contributed by atoms with E-state index in [4.69, 9.17) is 9.15 Å². The number of hydrogen-bond donors (Lipinski definition) is 1. The van der Waals surface area contributed by atoms with Gasteiger partial charge in [-0.15, -0.1) is 13.2 Å². The summed E-state index contributed by atoms with van der Waals surface area (Å²) >= 11 is 0. The molecule has 9 heteroatoms. The van der Waals surface area contributed by atoms with E-state index in [1.165, 1.54) is 31.2 Å². The fourth-order valence-electron chi connectivity index (χ4n) is 2.36. The summed E-state index contributed by atoms with van der Waals surface area (Å²) in [6, 6.07) is 12.4. The molecule has 0 fully saturated rings. The standard InChI is InChI=1S/C19H14F3NO5/c1-11(26-15-6-2-12-3-9-17(24)27-16(12)10-15)18(25)23-13-4-7-14(8-5-13)28-19(20,21)22/h2-11H,1H3,(H,23,25). The maximum absolute atomic E-state index is 12.2. The lowest BCUT2D eigenvalue weighted by Gasteiger charge is -2.15. The van der Waals surface area contributed by atoms with Gasteiger partial charge >= 0.3 is 12.0 Å². The van der Waals surface area contributed by atoms with Crippen molar-refractivity contribution in [1.29, 1.82) is 0 Å². The van der Waals surface area contributed by atoms with Crippen molar-refractivity contribution in [3.63, 3.8) is 0 Å². The van der Waals surface area contributed by atoms with Crippen LogP contribution in [0, 0.1) is 0 Å². The van der Waals surface area contributed by atoms with Crippen LogP contribution >= 0.6 is 0 Å². The van der Waals surface area contributed by atoms with Crippen molar-refractivity contribution < 1.29 is 31.9 Å². The Morgan fingerprint density at radius 3 is 2.36 bits per heavy atom. The Labute approximate surface area is 156 Å². The predicted octanol–water partition coefficient (Wildman–Crippen LogP) is 4.10. The Bertz CT molecular complexity index is 1040. The van der Waals surface area contributed by atoms with Crippen LogP contribution in [0.4, 0.5) is 18.9 Å². The first-order chi connectivity index (χ1) is 13.2. The molecule has 1 amide bonds. The Morgan fingerprint density at radius 2 is 1.68 bits per heavy atom. The van der Waals surface area contributed by atoms with E-state index < -0.39 is 29.7 Å². The maximum Gasteiger partial charge on any atom is 0.573 e. The van der Waals surface area contributed by atoms with Crippen LogP contribution in [0.1, 0.15) is 6.92 Å². The van der Waals surface area contributed by atoms with E-state index in [1.54, 1.807) is 18.2 Å². The Hall–Kier alpha value is -3.49. The first kappa shape index (κ1) is 19.3. The second-order valence-corrected chi connectivity index (χ2v) is 5.78. The van der Waals surface area contributed by atoms with Crippen LogP contribution in [0.15, 0.2) is 63.8 Å². The minimum atomic E-state index is -4.79. The number of halogens is 3. The monoisotopic (exact) mass is 393 g/mol. The van der Waals surface area contributed by atoms with Gasteiger partial charge in [0.2, 0.25) is 0 Å². The Balaban J connectivity index is 1.63. The highest BCUT2D eigenvalue weighted by molar-refractivity contribution is 5.94. The molecule has 2 aromatic carbocycles. The highest BCUT2D eigenvalue weighted by atomic mass is 19.4. The summed E-state index contributed by atoms with van der Waals surface area (Å²) in [5, 5.41) is 3.22. The number of carbonyl (C=O) groups excluding carboxylic acids is 1. The number of carbonyl (C=O) groups is 1. The molecular formula is C19H14F3NO5. The molecule has 0 saturated carbocycles. The molecule has 1 N–H and O–H groups in total. The van der Waals surface area contributed by atoms with Crippen LogP contribution in [0.3, 0.4) is 0 Å². The van der Waals surface area contributed by atoms with Crippen molar-refractivity contribution in [1.82, 2.24) is 0 Å². The summed E-state index contributed by atoms with van der Waals surface area (Å²) in [6.45, 7) is 1.50. The van der Waals surface area contributed by atoms with Crippen LogP contribution in [0.2, 0.25) is 0 Å². The molecule has 0 aliphatic rings. The van der Waals surface area contributed by atoms with Crippen molar-refractivity contribution >= 4 is 22.6 Å². The second kappa shape index (κ2) is 7.63. The normalized spacial score (nSPS) is 12.4. The Kier molecular flexibility index (Phi) is 5.25. The first-order valence-corrected chi connectivity index (χ1v) is 8.07. The number of anilines is 1. The van der Waals surface area contributed by atoms with Crippen LogP contribution in [0.5, 0.6) is 11.5 Å². The van der Waals surface area contributed by atoms with Crippen molar-refractivity contribution in [2.24, 2.45) is 0 Å². The molecule has 1 unspecified atom stereocenters. The minimum absolute atomic E-state index is 0.277. The molecule has 1 atom stereocenters. The molecule has 3 rings (SSSR count). The number of amides is 1. The smallest absolute Gasteiger partial charge is 0.481 e. The number of hydrogen-bond acceptors (Lipinski definition) is 5. The quantitative estimate of drug-likeness (QED) is 0.661. The van der Waals surface area contributed by atoms with Gasteiger partial charge in [0.1, 0.15) is 17.1 Å². The van der Waals surface area contributed by atoms with Gasteiger partial charge in [-0.25, -0.2) is 4.79 Å². The topological polar surface area (TPSA) is 77.8 Å². The summed E-state index contributed by atoms with van der Waals surface area (Å²) in [6.07, 6.45) is -5.70. The average molecular weight is 393 g/mol. The summed E-state index contributed by atoms with van der Waals surface area (Å²) in [5.74, 6) is -0.593. The van der Waals surface area contributed by atoms with Gasteiger partial charge in [0.25, 0.3) is 5.91 Å². The van der Waals surface area contributed by atoms with Crippen LogP contribution < -0.4 is 20.4 Å². The van der Waals surface area contributed by atoms with Crippen LogP contribution in [-0.2, 0) is 4.79 Å². The predicted molar refractivity (Wildman–Crippen MR) is 94.3 cm³/mol. The zero-order valence-electron chi connectivity index (χ0n) is 14.4. The lowest BCUT2D eigenvalue weighted by atomic mass is 10.2. The van der Waals surface area contributed by atoms with Gasteiger partial charge in [0.15, 0.2) is 6.10 Å². The molecule has 146 valence electrons. The summed E-state index contributed by atoms with van der Waals surface area (Å²) in [7, 11) is 0. The fourth-order valence-corrected chi connectivity index (χ4v) is 2.36. The van der Waals surface area contributed by atoms with Crippen molar-refractivity contribution in [3.05, 3.63) is 65.0 Å². The van der Waals surface area contributed by atoms with E-state index in [0.717, 1.165) is 12.1 Å². The van der Waals surface area contributed by atoms with Gasteiger partial charge in [-0.1, -0.05) is 0 Å². The summed E-state index contributed by atoms with van der Waals surface area (Å²) < 4.78 is 50.8. The number of fused-ring (bicyclic) bond motifs is 1. The van der Waals surface area contributed by atoms with Crippen LogP contribution in [0.25, 0.3) is 11.0 Å². The van der Waals surface area contributed by atoms with Gasteiger partial charge in [-0.2, -0.15) is 0 Å². The fraction of sp³-hybridized carbons (Fsp3) is 0.158. The number of ether oxygens (including phenoxy) is 2. The summed E-state index contributed by atoms with van der Waals surface area (Å²) in [4.78, 5) is 23.5. The zero-order valence-corrected chi connectivity index (χ0v) is 14.4. The molecule has 28 heavy (non-hydrogen) atoms. The van der Waals surface area contributed by atoms with E-state index >= 15 is 0 Å². The third-order valence-corrected chi connectivity index (χ3v) is 3.63. The van der Waals surface area contributed by atoms with Gasteiger partial charge in [0.05, 0.1) is 0 Å². The van der Waals surface area contributed by atoms with Gasteiger partial charge < -0.3 is 19.2 Å². The molecule has 6 nitrogen and oxygen atoms in total. The van der Waals surface area contributed by atoms with Crippen LogP contribution in [-0.4, -0.2) is 18.4 Å². The third kappa shape index (κ3) is 5.03. The van der Waals surface area contributed by atoms with E-state index in [2.05, 4.69) is 10.1 Å². The molecule has 0 radical (unpaired) electrons. The molecule has 1 heterocycles. The highest BCUT2D eigenvalue weighted by Gasteiger charge is 2.31. The molecule has 3 aromatic rings. The van der Waals surface area contributed by atoms with E-state index in [-0.39, 0.29) is 5.69 Å². The molecule has 1 aromatic heterocycles. The zero-order chi connectivity index (χ0) is 20.3. The van der Waals surface area contributed by atoms with Gasteiger partial charge in [0, 0.05) is 23.2 Å². The molecular weight excluding hydrogens is 379 g/mol. The van der Waals surface area contributed by atoms with E-state index in [1.807, 2.05) is 0 Å². The SMILES string of the molecule is CC(Oc1ccc2ccc(=O)oc2c1)C(=O)Nc1ccc(OC(F)(F)F)cc1. The van der Waals surface area contributed by atoms with Crippen molar-refractivity contribution in [3.8, 4) is 11.5 Å². The maximum atomic E-state index is 12.2. The number of nitrogens with one attached hydrogen (secondary N) is 1.